The van der Waals surface area contributed by atoms with Crippen molar-refractivity contribution < 1.29 is 14.9 Å². The zero-order valence-electron chi connectivity index (χ0n) is 15.9. The second-order valence-electron chi connectivity index (χ2n) is 8.96. The van der Waals surface area contributed by atoms with E-state index in [1.54, 1.807) is 7.11 Å². The van der Waals surface area contributed by atoms with Gasteiger partial charge in [-0.1, -0.05) is 34.6 Å². The number of benzene rings is 1. The predicted octanol–water partition coefficient (Wildman–Crippen LogP) is 4.66. The fourth-order valence-electron chi connectivity index (χ4n) is 5.33. The second kappa shape index (κ2) is 5.74. The lowest BCUT2D eigenvalue weighted by molar-refractivity contribution is -0.0947. The van der Waals surface area contributed by atoms with Crippen LogP contribution in [0.5, 0.6) is 5.75 Å². The number of rotatable bonds is 2. The van der Waals surface area contributed by atoms with Crippen LogP contribution in [0.25, 0.3) is 0 Å². The molecule has 1 unspecified atom stereocenters. The molecule has 0 aromatic heterocycles. The summed E-state index contributed by atoms with van der Waals surface area (Å²) in [6.45, 7) is 10.9. The van der Waals surface area contributed by atoms with Gasteiger partial charge in [0, 0.05) is 7.11 Å². The third-order valence-corrected chi connectivity index (χ3v) is 6.98. The fraction of sp³-hybridized carbons (Fsp3) is 0.714. The highest BCUT2D eigenvalue weighted by Gasteiger charge is 2.55. The van der Waals surface area contributed by atoms with E-state index in [1.165, 1.54) is 11.1 Å². The number of aliphatic hydroxyl groups excluding tert-OH is 1. The van der Waals surface area contributed by atoms with Crippen molar-refractivity contribution in [3.05, 3.63) is 28.8 Å². The Morgan fingerprint density at radius 3 is 2.46 bits per heavy atom. The summed E-state index contributed by atoms with van der Waals surface area (Å²) in [5.74, 6) is 1.00. The first-order chi connectivity index (χ1) is 11.1. The molecular formula is C21H32O3. The second-order valence-corrected chi connectivity index (χ2v) is 8.96. The minimum atomic E-state index is -0.279. The Morgan fingerprint density at radius 1 is 1.21 bits per heavy atom. The van der Waals surface area contributed by atoms with Gasteiger partial charge in [0.15, 0.2) is 0 Å². The molecule has 0 radical (unpaired) electrons. The highest BCUT2D eigenvalue weighted by Crippen LogP contribution is 2.60. The number of aliphatic hydroxyl groups is 1. The van der Waals surface area contributed by atoms with Crippen LogP contribution in [0.4, 0.5) is 0 Å². The van der Waals surface area contributed by atoms with E-state index in [0.29, 0.717) is 11.7 Å². The summed E-state index contributed by atoms with van der Waals surface area (Å²) in [4.78, 5) is 0. The molecule has 24 heavy (non-hydrogen) atoms. The molecule has 0 heterocycles. The Hall–Kier alpha value is -1.06. The van der Waals surface area contributed by atoms with Crippen LogP contribution in [0, 0.1) is 11.3 Å². The molecule has 2 N–H and O–H groups in total. The van der Waals surface area contributed by atoms with Crippen LogP contribution in [-0.4, -0.2) is 23.4 Å². The van der Waals surface area contributed by atoms with E-state index < -0.39 is 0 Å². The maximum atomic E-state index is 10.6. The maximum absolute atomic E-state index is 10.6. The lowest BCUT2D eigenvalue weighted by atomic mass is 9.49. The molecule has 1 fully saturated rings. The van der Waals surface area contributed by atoms with Crippen LogP contribution >= 0.6 is 0 Å². The minimum Gasteiger partial charge on any atom is -0.508 e. The summed E-state index contributed by atoms with van der Waals surface area (Å²) >= 11 is 0. The molecule has 2 aliphatic carbocycles. The average molecular weight is 332 g/mol. The van der Waals surface area contributed by atoms with E-state index in [1.807, 2.05) is 6.07 Å². The van der Waals surface area contributed by atoms with Crippen LogP contribution in [0.1, 0.15) is 82.6 Å². The highest BCUT2D eigenvalue weighted by atomic mass is 16.5. The van der Waals surface area contributed by atoms with Gasteiger partial charge in [-0.3, -0.25) is 0 Å². The van der Waals surface area contributed by atoms with E-state index in [0.717, 1.165) is 24.8 Å². The fourth-order valence-corrected chi connectivity index (χ4v) is 5.33. The van der Waals surface area contributed by atoms with Crippen molar-refractivity contribution in [1.82, 2.24) is 0 Å². The molecule has 3 heteroatoms. The zero-order chi connectivity index (χ0) is 17.9. The van der Waals surface area contributed by atoms with Gasteiger partial charge in [0.25, 0.3) is 0 Å². The number of ether oxygens (including phenoxy) is 1. The Morgan fingerprint density at radius 2 is 1.88 bits per heavy atom. The van der Waals surface area contributed by atoms with E-state index in [4.69, 9.17) is 4.74 Å². The molecule has 3 rings (SSSR count). The van der Waals surface area contributed by atoms with E-state index in [9.17, 15) is 10.2 Å². The lowest BCUT2D eigenvalue weighted by Crippen LogP contribution is -2.54. The van der Waals surface area contributed by atoms with Crippen LogP contribution < -0.4 is 0 Å². The number of aromatic hydroxyl groups is 1. The Labute approximate surface area is 146 Å². The lowest BCUT2D eigenvalue weighted by Gasteiger charge is -2.57. The molecule has 0 spiro atoms. The predicted molar refractivity (Wildman–Crippen MR) is 96.4 cm³/mol. The topological polar surface area (TPSA) is 49.7 Å². The van der Waals surface area contributed by atoms with Gasteiger partial charge in [-0.2, -0.15) is 0 Å². The quantitative estimate of drug-likeness (QED) is 0.828. The highest BCUT2D eigenvalue weighted by molar-refractivity contribution is 5.50. The van der Waals surface area contributed by atoms with Crippen LogP contribution in [0.3, 0.4) is 0 Å². The van der Waals surface area contributed by atoms with Gasteiger partial charge in [0.2, 0.25) is 0 Å². The van der Waals surface area contributed by atoms with Crippen molar-refractivity contribution in [1.29, 1.82) is 0 Å². The SMILES string of the molecule is CO[C@H]1CC2C(C)(C)[C@@H](O)CC[C@]2(C)c2cc(O)c(C(C)C)cc21. The molecule has 3 nitrogen and oxygen atoms in total. The summed E-state index contributed by atoms with van der Waals surface area (Å²) in [6, 6.07) is 4.14. The van der Waals surface area contributed by atoms with Crippen molar-refractivity contribution in [3.8, 4) is 5.75 Å². The largest absolute Gasteiger partial charge is 0.508 e. The minimum absolute atomic E-state index is 0.0277. The molecule has 0 saturated heterocycles. The van der Waals surface area contributed by atoms with Gasteiger partial charge < -0.3 is 14.9 Å². The van der Waals surface area contributed by atoms with Gasteiger partial charge in [0.1, 0.15) is 5.75 Å². The Kier molecular flexibility index (Phi) is 4.25. The summed E-state index contributed by atoms with van der Waals surface area (Å²) in [5, 5.41) is 21.2. The molecule has 0 aliphatic heterocycles. The summed E-state index contributed by atoms with van der Waals surface area (Å²) in [6.07, 6.45) is 2.43. The molecule has 2 aliphatic rings. The van der Waals surface area contributed by atoms with Gasteiger partial charge >= 0.3 is 0 Å². The molecule has 1 saturated carbocycles. The van der Waals surface area contributed by atoms with Crippen molar-refractivity contribution >= 4 is 0 Å². The van der Waals surface area contributed by atoms with Gasteiger partial charge in [-0.05, 0) is 70.8 Å². The molecule has 1 aromatic carbocycles. The molecular weight excluding hydrogens is 300 g/mol. The first kappa shape index (κ1) is 17.8. The summed E-state index contributed by atoms with van der Waals surface area (Å²) < 4.78 is 5.85. The molecule has 4 atom stereocenters. The first-order valence-corrected chi connectivity index (χ1v) is 9.21. The van der Waals surface area contributed by atoms with Crippen molar-refractivity contribution in [2.24, 2.45) is 11.3 Å². The summed E-state index contributed by atoms with van der Waals surface area (Å²) in [7, 11) is 1.77. The normalized spacial score (nSPS) is 34.8. The van der Waals surface area contributed by atoms with Crippen molar-refractivity contribution in [3.63, 3.8) is 0 Å². The van der Waals surface area contributed by atoms with Gasteiger partial charge in [0.05, 0.1) is 12.2 Å². The first-order valence-electron chi connectivity index (χ1n) is 9.21. The van der Waals surface area contributed by atoms with E-state index >= 15 is 0 Å². The van der Waals surface area contributed by atoms with E-state index in [-0.39, 0.29) is 29.0 Å². The van der Waals surface area contributed by atoms with Crippen LogP contribution in [0.2, 0.25) is 0 Å². The smallest absolute Gasteiger partial charge is 0.119 e. The number of phenols is 1. The van der Waals surface area contributed by atoms with Crippen LogP contribution in [-0.2, 0) is 10.2 Å². The number of phenolic OH excluding ortho intramolecular Hbond substituents is 1. The van der Waals surface area contributed by atoms with Gasteiger partial charge in [-0.15, -0.1) is 0 Å². The standard InChI is InChI=1S/C21H32O3/c1-12(2)13-9-14-15(10-16(13)22)21(5)8-7-19(23)20(3,4)18(21)11-17(14)24-6/h9-10,12,17-19,22-23H,7-8,11H2,1-6H3/t17-,18?,19-,21+/m0/s1. The zero-order valence-corrected chi connectivity index (χ0v) is 15.9. The Balaban J connectivity index is 2.20. The molecule has 1 aromatic rings. The molecule has 0 amide bonds. The third kappa shape index (κ3) is 2.40. The average Bonchev–Trinajstić information content (AvgIpc) is 2.51. The van der Waals surface area contributed by atoms with Crippen LogP contribution in [0.15, 0.2) is 12.1 Å². The van der Waals surface area contributed by atoms with Gasteiger partial charge in [-0.25, -0.2) is 0 Å². The maximum Gasteiger partial charge on any atom is 0.119 e. The number of methoxy groups -OCH3 is 1. The van der Waals surface area contributed by atoms with E-state index in [2.05, 4.69) is 40.7 Å². The Bertz CT molecular complexity index is 634. The summed E-state index contributed by atoms with van der Waals surface area (Å²) in [5.41, 5.74) is 3.25. The number of hydrogen-bond acceptors (Lipinski definition) is 3. The number of fused-ring (bicyclic) bond motifs is 3. The monoisotopic (exact) mass is 332 g/mol. The third-order valence-electron chi connectivity index (χ3n) is 6.98. The number of hydrogen-bond donors (Lipinski definition) is 2. The van der Waals surface area contributed by atoms with Crippen molar-refractivity contribution in [2.45, 2.75) is 77.4 Å². The molecule has 134 valence electrons. The molecule has 0 bridgehead atoms. The van der Waals surface area contributed by atoms with Crippen molar-refractivity contribution in [2.75, 3.05) is 7.11 Å².